The quantitative estimate of drug-likeness (QED) is 0.298. The summed E-state index contributed by atoms with van der Waals surface area (Å²) in [6.45, 7) is 13.6. The molecule has 0 spiro atoms. The Morgan fingerprint density at radius 1 is 1.24 bits per heavy atom. The zero-order chi connectivity index (χ0) is 17.8. The van der Waals surface area contributed by atoms with Gasteiger partial charge in [-0.1, -0.05) is 40.5 Å². The van der Waals surface area contributed by atoms with E-state index >= 15 is 0 Å². The molecule has 7 heteroatoms. The summed E-state index contributed by atoms with van der Waals surface area (Å²) in [6.07, 6.45) is 7.48. The Kier molecular flexibility index (Phi) is 13.8. The van der Waals surface area contributed by atoms with E-state index in [4.69, 9.17) is 0 Å². The highest BCUT2D eigenvalue weighted by Crippen LogP contribution is 2.08. The van der Waals surface area contributed by atoms with E-state index in [2.05, 4.69) is 65.0 Å². The van der Waals surface area contributed by atoms with Gasteiger partial charge in [0.15, 0.2) is 5.96 Å². The van der Waals surface area contributed by atoms with Crippen LogP contribution in [0.25, 0.3) is 0 Å². The van der Waals surface area contributed by atoms with Crippen molar-refractivity contribution in [2.24, 2.45) is 10.9 Å². The number of aromatic nitrogens is 3. The number of aliphatic imine (C=N–C) groups is 1. The molecule has 0 fully saturated rings. The summed E-state index contributed by atoms with van der Waals surface area (Å²) in [5.74, 6) is 2.72. The van der Waals surface area contributed by atoms with Gasteiger partial charge in [-0.2, -0.15) is 0 Å². The van der Waals surface area contributed by atoms with Gasteiger partial charge in [0, 0.05) is 32.1 Å². The van der Waals surface area contributed by atoms with Crippen LogP contribution in [0, 0.1) is 5.92 Å². The first kappa shape index (κ1) is 24.1. The minimum Gasteiger partial charge on any atom is -0.355 e. The lowest BCUT2D eigenvalue weighted by atomic mass is 10.0. The van der Waals surface area contributed by atoms with E-state index in [1.807, 2.05) is 0 Å². The maximum atomic E-state index is 4.64. The Bertz CT molecular complexity index is 472. The van der Waals surface area contributed by atoms with Crippen LogP contribution < -0.4 is 10.6 Å². The van der Waals surface area contributed by atoms with Crippen molar-refractivity contribution in [1.29, 1.82) is 0 Å². The van der Waals surface area contributed by atoms with Gasteiger partial charge >= 0.3 is 0 Å². The third-order valence-electron chi connectivity index (χ3n) is 3.95. The summed E-state index contributed by atoms with van der Waals surface area (Å²) in [7, 11) is 0. The van der Waals surface area contributed by atoms with Crippen LogP contribution in [-0.4, -0.2) is 39.9 Å². The number of aryl methyl sites for hydroxylation is 1. The van der Waals surface area contributed by atoms with Crippen LogP contribution in [0.2, 0.25) is 0 Å². The van der Waals surface area contributed by atoms with Gasteiger partial charge in [0.1, 0.15) is 12.2 Å². The molecule has 0 saturated heterocycles. The zero-order valence-electron chi connectivity index (χ0n) is 16.6. The van der Waals surface area contributed by atoms with Gasteiger partial charge in [-0.3, -0.25) is 4.99 Å². The van der Waals surface area contributed by atoms with Crippen molar-refractivity contribution in [2.75, 3.05) is 13.1 Å². The van der Waals surface area contributed by atoms with Gasteiger partial charge in [-0.15, -0.1) is 34.2 Å². The molecule has 1 heterocycles. The molecule has 0 saturated carbocycles. The molecule has 1 unspecified atom stereocenters. The molecular formula is C18H37IN6. The maximum Gasteiger partial charge on any atom is 0.191 e. The average molecular weight is 464 g/mol. The van der Waals surface area contributed by atoms with Crippen LogP contribution in [0.15, 0.2) is 11.3 Å². The van der Waals surface area contributed by atoms with Crippen molar-refractivity contribution in [2.45, 2.75) is 79.3 Å². The number of guanidine groups is 1. The van der Waals surface area contributed by atoms with Gasteiger partial charge < -0.3 is 15.2 Å². The highest BCUT2D eigenvalue weighted by Gasteiger charge is 2.07. The predicted molar refractivity (Wildman–Crippen MR) is 117 cm³/mol. The van der Waals surface area contributed by atoms with Crippen LogP contribution >= 0.6 is 24.0 Å². The summed E-state index contributed by atoms with van der Waals surface area (Å²) in [5.41, 5.74) is 0. The van der Waals surface area contributed by atoms with Gasteiger partial charge in [-0.05, 0) is 25.7 Å². The molecule has 0 aliphatic carbocycles. The van der Waals surface area contributed by atoms with E-state index < -0.39 is 0 Å². The topological polar surface area (TPSA) is 67.1 Å². The fraction of sp³-hybridized carbons (Fsp3) is 0.833. The lowest BCUT2D eigenvalue weighted by Crippen LogP contribution is -2.43. The third kappa shape index (κ3) is 10.7. The monoisotopic (exact) mass is 464 g/mol. The van der Waals surface area contributed by atoms with Crippen molar-refractivity contribution in [3.05, 3.63) is 12.2 Å². The smallest absolute Gasteiger partial charge is 0.191 e. The van der Waals surface area contributed by atoms with E-state index in [-0.39, 0.29) is 24.0 Å². The molecule has 0 aliphatic rings. The minimum atomic E-state index is 0. The maximum absolute atomic E-state index is 4.64. The summed E-state index contributed by atoms with van der Waals surface area (Å²) >= 11 is 0. The molecule has 0 aliphatic heterocycles. The van der Waals surface area contributed by atoms with Gasteiger partial charge in [0.25, 0.3) is 0 Å². The molecular weight excluding hydrogens is 427 g/mol. The van der Waals surface area contributed by atoms with Crippen molar-refractivity contribution in [3.8, 4) is 0 Å². The van der Waals surface area contributed by atoms with E-state index in [9.17, 15) is 0 Å². The molecule has 0 aromatic carbocycles. The fourth-order valence-corrected chi connectivity index (χ4v) is 2.55. The number of rotatable bonds is 11. The predicted octanol–water partition coefficient (Wildman–Crippen LogP) is 3.62. The van der Waals surface area contributed by atoms with Crippen LogP contribution in [0.4, 0.5) is 0 Å². The molecule has 146 valence electrons. The molecule has 1 aromatic rings. The van der Waals surface area contributed by atoms with Gasteiger partial charge in [0.2, 0.25) is 0 Å². The standard InChI is InChI=1S/C18H36N6.HI/c1-6-11-19-18(22-16(5)10-8-9-15(3)4)20-12-13-24-14-21-23-17(24)7-2;/h14-16H,6-13H2,1-5H3,(H2,19,20,22);1H. The SMILES string of the molecule is CCCN=C(NCCn1cnnc1CC)NC(C)CCCC(C)C.I. The number of nitrogens with one attached hydrogen (secondary N) is 2. The largest absolute Gasteiger partial charge is 0.355 e. The van der Waals surface area contributed by atoms with Gasteiger partial charge in [-0.25, -0.2) is 0 Å². The molecule has 6 nitrogen and oxygen atoms in total. The van der Waals surface area contributed by atoms with Crippen LogP contribution in [0.3, 0.4) is 0 Å². The summed E-state index contributed by atoms with van der Waals surface area (Å²) in [6, 6.07) is 0.438. The van der Waals surface area contributed by atoms with Crippen molar-refractivity contribution < 1.29 is 0 Å². The lowest BCUT2D eigenvalue weighted by Gasteiger charge is -2.19. The zero-order valence-corrected chi connectivity index (χ0v) is 18.9. The highest BCUT2D eigenvalue weighted by molar-refractivity contribution is 14.0. The molecule has 1 aromatic heterocycles. The summed E-state index contributed by atoms with van der Waals surface area (Å²) in [5, 5.41) is 15.1. The van der Waals surface area contributed by atoms with E-state index in [0.717, 1.165) is 50.2 Å². The highest BCUT2D eigenvalue weighted by atomic mass is 127. The second kappa shape index (κ2) is 14.3. The van der Waals surface area contributed by atoms with Crippen LogP contribution in [0.5, 0.6) is 0 Å². The molecule has 0 radical (unpaired) electrons. The molecule has 0 amide bonds. The van der Waals surface area contributed by atoms with E-state index in [1.54, 1.807) is 6.33 Å². The Labute approximate surface area is 170 Å². The average Bonchev–Trinajstić information content (AvgIpc) is 2.99. The normalized spacial score (nSPS) is 12.8. The number of hydrogen-bond donors (Lipinski definition) is 2. The Balaban J connectivity index is 0.00000576. The molecule has 1 rings (SSSR count). The molecule has 1 atom stereocenters. The Morgan fingerprint density at radius 3 is 2.64 bits per heavy atom. The second-order valence-electron chi connectivity index (χ2n) is 6.82. The Morgan fingerprint density at radius 2 is 2.00 bits per heavy atom. The molecule has 2 N–H and O–H groups in total. The van der Waals surface area contributed by atoms with E-state index in [1.165, 1.54) is 19.3 Å². The molecule has 0 bridgehead atoms. The third-order valence-corrected chi connectivity index (χ3v) is 3.95. The number of halogens is 1. The van der Waals surface area contributed by atoms with Crippen molar-refractivity contribution >= 4 is 29.9 Å². The first-order valence-corrected chi connectivity index (χ1v) is 9.48. The first-order valence-electron chi connectivity index (χ1n) is 9.48. The van der Waals surface area contributed by atoms with Crippen LogP contribution in [0.1, 0.15) is 66.1 Å². The summed E-state index contributed by atoms with van der Waals surface area (Å²) in [4.78, 5) is 4.64. The second-order valence-corrected chi connectivity index (χ2v) is 6.82. The fourth-order valence-electron chi connectivity index (χ4n) is 2.55. The van der Waals surface area contributed by atoms with Crippen molar-refractivity contribution in [3.63, 3.8) is 0 Å². The first-order chi connectivity index (χ1) is 11.6. The Hall–Kier alpha value is -0.860. The van der Waals surface area contributed by atoms with Crippen LogP contribution in [-0.2, 0) is 13.0 Å². The van der Waals surface area contributed by atoms with E-state index in [0.29, 0.717) is 6.04 Å². The minimum absolute atomic E-state index is 0. The summed E-state index contributed by atoms with van der Waals surface area (Å²) < 4.78 is 2.09. The molecule has 25 heavy (non-hydrogen) atoms. The lowest BCUT2D eigenvalue weighted by molar-refractivity contribution is 0.490. The number of nitrogens with zero attached hydrogens (tertiary/aromatic N) is 4. The number of hydrogen-bond acceptors (Lipinski definition) is 3. The van der Waals surface area contributed by atoms with Gasteiger partial charge in [0.05, 0.1) is 0 Å². The van der Waals surface area contributed by atoms with Crippen molar-refractivity contribution in [1.82, 2.24) is 25.4 Å².